The van der Waals surface area contributed by atoms with Crippen molar-refractivity contribution in [2.24, 2.45) is 0 Å². The molecule has 1 unspecified atom stereocenters. The van der Waals surface area contributed by atoms with E-state index in [-0.39, 0.29) is 30.4 Å². The summed E-state index contributed by atoms with van der Waals surface area (Å²) in [6.07, 6.45) is 2.52. The van der Waals surface area contributed by atoms with Crippen LogP contribution in [-0.4, -0.2) is 20.6 Å². The van der Waals surface area contributed by atoms with Crippen molar-refractivity contribution in [1.82, 2.24) is 15.1 Å². The first kappa shape index (κ1) is 18.2. The number of benzene rings is 2. The lowest BCUT2D eigenvalue weighted by atomic mass is 9.98. The predicted molar refractivity (Wildman–Crippen MR) is 96.3 cm³/mol. The first-order valence-electron chi connectivity index (χ1n) is 8.29. The first-order chi connectivity index (χ1) is 13.0. The van der Waals surface area contributed by atoms with E-state index >= 15 is 0 Å². The molecule has 3 rings (SSSR count). The molecule has 0 aliphatic heterocycles. The molecule has 27 heavy (non-hydrogen) atoms. The molecule has 1 N–H and O–H groups in total. The van der Waals surface area contributed by atoms with Crippen LogP contribution in [-0.2, 0) is 11.3 Å². The summed E-state index contributed by atoms with van der Waals surface area (Å²) in [6.45, 7) is 0.213. The van der Waals surface area contributed by atoms with Gasteiger partial charge < -0.3 is 5.32 Å². The largest absolute Gasteiger partial charge is 0.345 e. The van der Waals surface area contributed by atoms with Gasteiger partial charge in [0.2, 0.25) is 5.91 Å². The SMILES string of the molecule is O=C(CCn1cc([N+](=O)[O-])cn1)NC(c1ccccc1)c1ccc(F)cc1. The van der Waals surface area contributed by atoms with Gasteiger partial charge >= 0.3 is 5.69 Å². The van der Waals surface area contributed by atoms with Crippen LogP contribution in [0.2, 0.25) is 0 Å². The topological polar surface area (TPSA) is 90.1 Å². The maximum Gasteiger partial charge on any atom is 0.306 e. The van der Waals surface area contributed by atoms with Gasteiger partial charge in [0.25, 0.3) is 0 Å². The summed E-state index contributed by atoms with van der Waals surface area (Å²) in [5.41, 5.74) is 1.50. The number of hydrogen-bond donors (Lipinski definition) is 1. The molecule has 0 bridgehead atoms. The van der Waals surface area contributed by atoms with E-state index < -0.39 is 11.0 Å². The highest BCUT2D eigenvalue weighted by molar-refractivity contribution is 5.77. The smallest absolute Gasteiger partial charge is 0.306 e. The Morgan fingerprint density at radius 2 is 1.81 bits per heavy atom. The van der Waals surface area contributed by atoms with Crippen molar-refractivity contribution in [1.29, 1.82) is 0 Å². The number of aromatic nitrogens is 2. The molecule has 0 spiro atoms. The van der Waals surface area contributed by atoms with Gasteiger partial charge in [0.05, 0.1) is 11.0 Å². The van der Waals surface area contributed by atoms with Crippen molar-refractivity contribution in [2.75, 3.05) is 0 Å². The zero-order valence-electron chi connectivity index (χ0n) is 14.3. The molecular weight excluding hydrogens is 351 g/mol. The monoisotopic (exact) mass is 368 g/mol. The van der Waals surface area contributed by atoms with Crippen molar-refractivity contribution < 1.29 is 14.1 Å². The summed E-state index contributed by atoms with van der Waals surface area (Å²) >= 11 is 0. The van der Waals surface area contributed by atoms with Gasteiger partial charge in [-0.25, -0.2) is 4.39 Å². The quantitative estimate of drug-likeness (QED) is 0.512. The molecule has 138 valence electrons. The van der Waals surface area contributed by atoms with Crippen LogP contribution in [0, 0.1) is 15.9 Å². The second-order valence-corrected chi connectivity index (χ2v) is 5.93. The van der Waals surface area contributed by atoms with Crippen molar-refractivity contribution >= 4 is 11.6 Å². The molecule has 3 aromatic rings. The van der Waals surface area contributed by atoms with Crippen LogP contribution < -0.4 is 5.32 Å². The van der Waals surface area contributed by atoms with E-state index in [1.807, 2.05) is 30.3 Å². The highest BCUT2D eigenvalue weighted by Gasteiger charge is 2.17. The molecular formula is C19H17FN4O3. The van der Waals surface area contributed by atoms with Gasteiger partial charge in [-0.05, 0) is 23.3 Å². The molecule has 0 saturated heterocycles. The third kappa shape index (κ3) is 4.75. The van der Waals surface area contributed by atoms with Gasteiger partial charge in [0.15, 0.2) is 0 Å². The fourth-order valence-corrected chi connectivity index (χ4v) is 2.68. The van der Waals surface area contributed by atoms with Crippen LogP contribution in [0.3, 0.4) is 0 Å². The Morgan fingerprint density at radius 1 is 1.15 bits per heavy atom. The van der Waals surface area contributed by atoms with Gasteiger partial charge in [-0.3, -0.25) is 19.6 Å². The van der Waals surface area contributed by atoms with E-state index in [1.165, 1.54) is 23.0 Å². The lowest BCUT2D eigenvalue weighted by Gasteiger charge is -2.20. The van der Waals surface area contributed by atoms with Crippen LogP contribution in [0.4, 0.5) is 10.1 Å². The second-order valence-electron chi connectivity index (χ2n) is 5.93. The standard InChI is InChI=1S/C19H17FN4O3/c20-16-8-6-15(7-9-16)19(14-4-2-1-3-5-14)22-18(25)10-11-23-13-17(12-21-23)24(26)27/h1-9,12-13,19H,10-11H2,(H,22,25). The Hall–Kier alpha value is -3.55. The maximum atomic E-state index is 13.2. The average molecular weight is 368 g/mol. The Bertz CT molecular complexity index is 926. The number of carbonyl (C=O) groups is 1. The minimum Gasteiger partial charge on any atom is -0.345 e. The van der Waals surface area contributed by atoms with Crippen molar-refractivity contribution in [3.63, 3.8) is 0 Å². The molecule has 1 aromatic heterocycles. The molecule has 0 aliphatic carbocycles. The lowest BCUT2D eigenvalue weighted by Crippen LogP contribution is -2.30. The fraction of sp³-hybridized carbons (Fsp3) is 0.158. The van der Waals surface area contributed by atoms with E-state index in [1.54, 1.807) is 12.1 Å². The minimum atomic E-state index is -0.538. The van der Waals surface area contributed by atoms with E-state index in [0.29, 0.717) is 0 Å². The van der Waals surface area contributed by atoms with Crippen LogP contribution in [0.5, 0.6) is 0 Å². The number of rotatable bonds is 7. The summed E-state index contributed by atoms with van der Waals surface area (Å²) in [4.78, 5) is 22.6. The first-order valence-corrected chi connectivity index (χ1v) is 8.29. The fourth-order valence-electron chi connectivity index (χ4n) is 2.68. The number of hydrogen-bond acceptors (Lipinski definition) is 4. The van der Waals surface area contributed by atoms with E-state index in [9.17, 15) is 19.3 Å². The van der Waals surface area contributed by atoms with Gasteiger partial charge in [-0.1, -0.05) is 42.5 Å². The highest BCUT2D eigenvalue weighted by atomic mass is 19.1. The molecule has 0 radical (unpaired) electrons. The predicted octanol–water partition coefficient (Wildman–Crippen LogP) is 3.23. The highest BCUT2D eigenvalue weighted by Crippen LogP contribution is 2.22. The summed E-state index contributed by atoms with van der Waals surface area (Å²) < 4.78 is 14.6. The normalized spacial score (nSPS) is 11.7. The number of nitro groups is 1. The van der Waals surface area contributed by atoms with E-state index in [2.05, 4.69) is 10.4 Å². The number of carbonyl (C=O) groups excluding carboxylic acids is 1. The number of aryl methyl sites for hydroxylation is 1. The summed E-state index contributed by atoms with van der Waals surface area (Å²) in [5, 5.41) is 17.5. The Kier molecular flexibility index (Phi) is 5.55. The number of nitrogens with zero attached hydrogens (tertiary/aromatic N) is 3. The molecule has 1 amide bonds. The van der Waals surface area contributed by atoms with E-state index in [0.717, 1.165) is 17.3 Å². The lowest BCUT2D eigenvalue weighted by molar-refractivity contribution is -0.385. The van der Waals surface area contributed by atoms with Crippen molar-refractivity contribution in [3.05, 3.63) is 94.0 Å². The summed E-state index contributed by atoms with van der Waals surface area (Å²) in [7, 11) is 0. The molecule has 7 nitrogen and oxygen atoms in total. The van der Waals surface area contributed by atoms with Gasteiger partial charge in [0, 0.05) is 13.0 Å². The van der Waals surface area contributed by atoms with Crippen LogP contribution >= 0.6 is 0 Å². The third-order valence-corrected chi connectivity index (χ3v) is 4.04. The number of amides is 1. The molecule has 0 fully saturated rings. The zero-order chi connectivity index (χ0) is 19.2. The van der Waals surface area contributed by atoms with Crippen LogP contribution in [0.15, 0.2) is 67.0 Å². The van der Waals surface area contributed by atoms with E-state index in [4.69, 9.17) is 0 Å². The third-order valence-electron chi connectivity index (χ3n) is 4.04. The van der Waals surface area contributed by atoms with Crippen LogP contribution in [0.1, 0.15) is 23.6 Å². The van der Waals surface area contributed by atoms with Gasteiger partial charge in [-0.2, -0.15) is 5.10 Å². The molecule has 1 heterocycles. The molecule has 8 heteroatoms. The molecule has 2 aromatic carbocycles. The second kappa shape index (κ2) is 8.22. The van der Waals surface area contributed by atoms with Crippen molar-refractivity contribution in [3.8, 4) is 0 Å². The Balaban J connectivity index is 1.70. The average Bonchev–Trinajstić information content (AvgIpc) is 3.15. The zero-order valence-corrected chi connectivity index (χ0v) is 14.3. The Morgan fingerprint density at radius 3 is 2.44 bits per heavy atom. The molecule has 0 saturated carbocycles. The van der Waals surface area contributed by atoms with Crippen molar-refractivity contribution in [2.45, 2.75) is 19.0 Å². The van der Waals surface area contributed by atoms with Gasteiger partial charge in [-0.15, -0.1) is 0 Å². The van der Waals surface area contributed by atoms with Crippen LogP contribution in [0.25, 0.3) is 0 Å². The molecule has 1 atom stereocenters. The maximum absolute atomic E-state index is 13.2. The Labute approximate surface area is 154 Å². The summed E-state index contributed by atoms with van der Waals surface area (Å²) in [6, 6.07) is 14.9. The number of halogens is 1. The number of nitrogens with one attached hydrogen (secondary N) is 1. The summed E-state index contributed by atoms with van der Waals surface area (Å²) in [5.74, 6) is -0.594. The molecule has 0 aliphatic rings. The minimum absolute atomic E-state index is 0.101. The van der Waals surface area contributed by atoms with Gasteiger partial charge in [0.1, 0.15) is 18.2 Å².